The summed E-state index contributed by atoms with van der Waals surface area (Å²) in [6, 6.07) is 5.38. The standard InChI is InChI=1S/C16H17BrClN3O4/c1-9-12(7-10-3-4-11(17)8-13(10)18)14(19-21(2)16(9)24)15(23)20-25-6-5-22/h3-4,8,22H,5-7H2,1-2H3,(H,20,23). The van der Waals surface area contributed by atoms with Gasteiger partial charge in [0, 0.05) is 28.5 Å². The molecule has 0 radical (unpaired) electrons. The van der Waals surface area contributed by atoms with Crippen molar-refractivity contribution in [3.63, 3.8) is 0 Å². The van der Waals surface area contributed by atoms with Gasteiger partial charge in [-0.2, -0.15) is 5.10 Å². The number of rotatable bonds is 6. The molecule has 1 aromatic heterocycles. The zero-order valence-electron chi connectivity index (χ0n) is 13.7. The highest BCUT2D eigenvalue weighted by atomic mass is 79.9. The molecule has 0 bridgehead atoms. The Morgan fingerprint density at radius 3 is 2.84 bits per heavy atom. The molecular formula is C16H17BrClN3O4. The topological polar surface area (TPSA) is 93.4 Å². The molecule has 0 saturated carbocycles. The first-order valence-electron chi connectivity index (χ1n) is 7.38. The van der Waals surface area contributed by atoms with E-state index in [9.17, 15) is 9.59 Å². The van der Waals surface area contributed by atoms with Gasteiger partial charge in [0.25, 0.3) is 11.5 Å². The maximum absolute atomic E-state index is 12.3. The van der Waals surface area contributed by atoms with E-state index in [4.69, 9.17) is 21.5 Å². The molecule has 2 rings (SSSR count). The molecule has 9 heteroatoms. The van der Waals surface area contributed by atoms with Crippen molar-refractivity contribution in [2.45, 2.75) is 13.3 Å². The Morgan fingerprint density at radius 1 is 1.48 bits per heavy atom. The summed E-state index contributed by atoms with van der Waals surface area (Å²) in [6.45, 7) is 1.35. The van der Waals surface area contributed by atoms with Gasteiger partial charge in [0.05, 0.1) is 13.2 Å². The van der Waals surface area contributed by atoms with Crippen molar-refractivity contribution in [3.8, 4) is 0 Å². The Labute approximate surface area is 157 Å². The van der Waals surface area contributed by atoms with Crippen LogP contribution in [0.3, 0.4) is 0 Å². The molecule has 0 aliphatic rings. The first-order chi connectivity index (χ1) is 11.8. The highest BCUT2D eigenvalue weighted by Crippen LogP contribution is 2.25. The van der Waals surface area contributed by atoms with Gasteiger partial charge in [-0.05, 0) is 30.2 Å². The minimum absolute atomic E-state index is 0.0512. The van der Waals surface area contributed by atoms with Crippen LogP contribution in [-0.4, -0.2) is 34.0 Å². The van der Waals surface area contributed by atoms with Crippen LogP contribution in [-0.2, 0) is 18.3 Å². The van der Waals surface area contributed by atoms with E-state index in [-0.39, 0.29) is 30.9 Å². The molecule has 134 valence electrons. The Kier molecular flexibility index (Phi) is 6.71. The Bertz CT molecular complexity index is 854. The van der Waals surface area contributed by atoms with Crippen LogP contribution in [0.5, 0.6) is 0 Å². The lowest BCUT2D eigenvalue weighted by Crippen LogP contribution is -2.33. The summed E-state index contributed by atoms with van der Waals surface area (Å²) < 4.78 is 1.93. The van der Waals surface area contributed by atoms with Crippen molar-refractivity contribution in [2.75, 3.05) is 13.2 Å². The zero-order chi connectivity index (χ0) is 18.6. The van der Waals surface area contributed by atoms with Crippen molar-refractivity contribution in [3.05, 3.63) is 60.4 Å². The normalized spacial score (nSPS) is 10.8. The molecule has 7 nitrogen and oxygen atoms in total. The number of nitrogens with zero attached hydrogens (tertiary/aromatic N) is 2. The number of halogens is 2. The van der Waals surface area contributed by atoms with E-state index in [1.807, 2.05) is 12.1 Å². The third-order valence-corrected chi connectivity index (χ3v) is 4.40. The number of benzene rings is 1. The number of hydrogen-bond acceptors (Lipinski definition) is 5. The molecule has 0 fully saturated rings. The first kappa shape index (κ1) is 19.6. The monoisotopic (exact) mass is 429 g/mol. The maximum atomic E-state index is 12.3. The van der Waals surface area contributed by atoms with Crippen molar-refractivity contribution >= 4 is 33.4 Å². The smallest absolute Gasteiger partial charge is 0.295 e. The van der Waals surface area contributed by atoms with Crippen molar-refractivity contribution in [2.24, 2.45) is 7.05 Å². The average molecular weight is 431 g/mol. The molecule has 0 atom stereocenters. The largest absolute Gasteiger partial charge is 0.394 e. The molecule has 25 heavy (non-hydrogen) atoms. The Hall–Kier alpha value is -1.74. The third kappa shape index (κ3) is 4.66. The van der Waals surface area contributed by atoms with Crippen LogP contribution in [0.1, 0.15) is 27.2 Å². The van der Waals surface area contributed by atoms with E-state index in [0.29, 0.717) is 16.1 Å². The molecule has 1 amide bonds. The van der Waals surface area contributed by atoms with Gasteiger partial charge >= 0.3 is 0 Å². The molecule has 2 aromatic rings. The fraction of sp³-hybridized carbons (Fsp3) is 0.312. The van der Waals surface area contributed by atoms with Gasteiger partial charge in [0.15, 0.2) is 5.69 Å². The van der Waals surface area contributed by atoms with Crippen LogP contribution in [0.25, 0.3) is 0 Å². The summed E-state index contributed by atoms with van der Waals surface area (Å²) in [4.78, 5) is 29.4. The fourth-order valence-corrected chi connectivity index (χ4v) is 3.01. The number of carbonyl (C=O) groups excluding carboxylic acids is 1. The second kappa shape index (κ2) is 8.57. The Morgan fingerprint density at radius 2 is 2.20 bits per heavy atom. The van der Waals surface area contributed by atoms with Crippen molar-refractivity contribution in [1.29, 1.82) is 0 Å². The number of aryl methyl sites for hydroxylation is 1. The summed E-state index contributed by atoms with van der Waals surface area (Å²) >= 11 is 9.59. The van der Waals surface area contributed by atoms with Crippen LogP contribution in [0.4, 0.5) is 0 Å². The molecule has 0 spiro atoms. The van der Waals surface area contributed by atoms with Crippen LogP contribution in [0.15, 0.2) is 27.5 Å². The highest BCUT2D eigenvalue weighted by Gasteiger charge is 2.20. The lowest BCUT2D eigenvalue weighted by atomic mass is 9.99. The second-order valence-corrected chi connectivity index (χ2v) is 6.62. The summed E-state index contributed by atoms with van der Waals surface area (Å²) in [5.74, 6) is -0.601. The van der Waals surface area contributed by atoms with Gasteiger partial charge in [-0.3, -0.25) is 14.4 Å². The van der Waals surface area contributed by atoms with E-state index >= 15 is 0 Å². The van der Waals surface area contributed by atoms with E-state index in [2.05, 4.69) is 26.5 Å². The summed E-state index contributed by atoms with van der Waals surface area (Å²) in [7, 11) is 1.47. The molecular weight excluding hydrogens is 414 g/mol. The van der Waals surface area contributed by atoms with Gasteiger partial charge in [-0.1, -0.05) is 33.6 Å². The predicted molar refractivity (Wildman–Crippen MR) is 96.7 cm³/mol. The van der Waals surface area contributed by atoms with E-state index in [1.54, 1.807) is 13.0 Å². The lowest BCUT2D eigenvalue weighted by molar-refractivity contribution is 0.0162. The number of hydroxylamine groups is 1. The van der Waals surface area contributed by atoms with Crippen molar-refractivity contribution in [1.82, 2.24) is 15.3 Å². The summed E-state index contributed by atoms with van der Waals surface area (Å²) in [6.07, 6.45) is 0.268. The molecule has 1 aromatic carbocycles. The SMILES string of the molecule is Cc1c(Cc2ccc(Br)cc2Cl)c(C(=O)NOCCO)nn(C)c1=O. The molecule has 0 saturated heterocycles. The molecule has 0 unspecified atom stereocenters. The maximum Gasteiger partial charge on any atom is 0.295 e. The van der Waals surface area contributed by atoms with Crippen LogP contribution >= 0.6 is 27.5 Å². The first-order valence-corrected chi connectivity index (χ1v) is 8.56. The number of amides is 1. The number of aliphatic hydroxyl groups excluding tert-OH is 1. The van der Waals surface area contributed by atoms with Crippen molar-refractivity contribution < 1.29 is 14.7 Å². The number of hydrogen-bond donors (Lipinski definition) is 2. The average Bonchev–Trinajstić information content (AvgIpc) is 2.57. The van der Waals surface area contributed by atoms with Gasteiger partial charge in [0.1, 0.15) is 0 Å². The highest BCUT2D eigenvalue weighted by molar-refractivity contribution is 9.10. The predicted octanol–water partition coefficient (Wildman–Crippen LogP) is 1.75. The van der Waals surface area contributed by atoms with E-state index < -0.39 is 5.91 Å². The minimum atomic E-state index is -0.601. The summed E-state index contributed by atoms with van der Waals surface area (Å²) in [5, 5.41) is 13.3. The van der Waals surface area contributed by atoms with Crippen LogP contribution in [0, 0.1) is 6.92 Å². The quantitative estimate of drug-likeness (QED) is 0.538. The molecule has 2 N–H and O–H groups in total. The van der Waals surface area contributed by atoms with Gasteiger partial charge in [-0.25, -0.2) is 10.2 Å². The lowest BCUT2D eigenvalue weighted by Gasteiger charge is -2.14. The van der Waals surface area contributed by atoms with Gasteiger partial charge in [-0.15, -0.1) is 0 Å². The van der Waals surface area contributed by atoms with E-state index in [1.165, 1.54) is 7.05 Å². The fourth-order valence-electron chi connectivity index (χ4n) is 2.27. The van der Waals surface area contributed by atoms with Gasteiger partial charge < -0.3 is 5.11 Å². The van der Waals surface area contributed by atoms with Gasteiger partial charge in [0.2, 0.25) is 0 Å². The van der Waals surface area contributed by atoms with Crippen LogP contribution in [0.2, 0.25) is 5.02 Å². The summed E-state index contributed by atoms with van der Waals surface area (Å²) in [5.41, 5.74) is 3.61. The minimum Gasteiger partial charge on any atom is -0.394 e. The molecule has 1 heterocycles. The second-order valence-electron chi connectivity index (χ2n) is 5.30. The molecule has 0 aliphatic carbocycles. The number of nitrogens with one attached hydrogen (secondary N) is 1. The zero-order valence-corrected chi connectivity index (χ0v) is 16.0. The van der Waals surface area contributed by atoms with Crippen LogP contribution < -0.4 is 11.0 Å². The number of aromatic nitrogens is 2. The number of aliphatic hydroxyl groups is 1. The van der Waals surface area contributed by atoms with E-state index in [0.717, 1.165) is 14.7 Å². The third-order valence-electron chi connectivity index (χ3n) is 3.56. The number of carbonyl (C=O) groups is 1. The Balaban J connectivity index is 2.45. The molecule has 0 aliphatic heterocycles.